The highest BCUT2D eigenvalue weighted by molar-refractivity contribution is 7.90. The zero-order valence-electron chi connectivity index (χ0n) is 11.1. The van der Waals surface area contributed by atoms with Gasteiger partial charge in [-0.05, 0) is 19.1 Å². The van der Waals surface area contributed by atoms with Crippen LogP contribution in [0.1, 0.15) is 17.4 Å². The van der Waals surface area contributed by atoms with Crippen LogP contribution < -0.4 is 0 Å². The van der Waals surface area contributed by atoms with Gasteiger partial charge in [0.25, 0.3) is 0 Å². The van der Waals surface area contributed by atoms with Crippen LogP contribution in [-0.4, -0.2) is 37.2 Å². The van der Waals surface area contributed by atoms with Crippen LogP contribution >= 0.6 is 23.2 Å². The Bertz CT molecular complexity index is 837. The summed E-state index contributed by atoms with van der Waals surface area (Å²) in [6, 6.07) is 2.79. The fourth-order valence-electron chi connectivity index (χ4n) is 1.63. The van der Waals surface area contributed by atoms with Gasteiger partial charge in [0.2, 0.25) is 0 Å². The summed E-state index contributed by atoms with van der Waals surface area (Å²) in [4.78, 5) is 19.8. The van der Waals surface area contributed by atoms with E-state index in [0.717, 1.165) is 6.26 Å². The van der Waals surface area contributed by atoms with Crippen molar-refractivity contribution in [3.05, 3.63) is 27.9 Å². The van der Waals surface area contributed by atoms with E-state index in [4.69, 9.17) is 27.9 Å². The monoisotopic (exact) mass is 348 g/mol. The summed E-state index contributed by atoms with van der Waals surface area (Å²) in [6.45, 7) is 1.69. The molecule has 1 aromatic heterocycles. The lowest BCUT2D eigenvalue weighted by Crippen LogP contribution is -2.15. The van der Waals surface area contributed by atoms with Gasteiger partial charge in [-0.3, -0.25) is 0 Å². The molecule has 0 bridgehead atoms. The second-order valence-corrected chi connectivity index (χ2v) is 6.87. The van der Waals surface area contributed by atoms with Gasteiger partial charge in [0, 0.05) is 6.26 Å². The Balaban J connectivity index is 2.81. The number of hydrogen-bond acceptors (Lipinski definition) is 6. The maximum absolute atomic E-state index is 11.9. The van der Waals surface area contributed by atoms with E-state index in [9.17, 15) is 13.2 Å². The molecule has 2 rings (SSSR count). The van der Waals surface area contributed by atoms with E-state index < -0.39 is 20.8 Å². The molecule has 112 valence electrons. The number of carbonyl (C=O) groups is 1. The number of rotatable bonds is 3. The molecule has 0 radical (unpaired) electrons. The van der Waals surface area contributed by atoms with Gasteiger partial charge in [0.1, 0.15) is 0 Å². The Kier molecular flexibility index (Phi) is 4.36. The quantitative estimate of drug-likeness (QED) is 0.792. The number of fused-ring (bicyclic) bond motifs is 1. The molecule has 0 saturated heterocycles. The molecule has 0 fully saturated rings. The van der Waals surface area contributed by atoms with E-state index in [1.165, 1.54) is 12.1 Å². The topological polar surface area (TPSA) is 86.2 Å². The third-order valence-corrected chi connectivity index (χ3v) is 4.20. The second kappa shape index (κ2) is 5.75. The molecule has 1 aromatic carbocycles. The number of aromatic nitrogens is 2. The summed E-state index contributed by atoms with van der Waals surface area (Å²) in [7, 11) is -3.76. The van der Waals surface area contributed by atoms with E-state index >= 15 is 0 Å². The molecule has 0 aliphatic heterocycles. The molecule has 9 heteroatoms. The maximum atomic E-state index is 11.9. The van der Waals surface area contributed by atoms with Crippen molar-refractivity contribution in [1.82, 2.24) is 9.97 Å². The molecule has 0 unspecified atom stereocenters. The SMILES string of the molecule is CCOC(=O)c1nc2cc(Cl)c(Cl)cc2nc1S(C)(=O)=O. The number of carbonyl (C=O) groups excluding carboxylic acids is 1. The lowest BCUT2D eigenvalue weighted by Gasteiger charge is -2.08. The molecule has 6 nitrogen and oxygen atoms in total. The first-order chi connectivity index (χ1) is 9.74. The van der Waals surface area contributed by atoms with E-state index in [1.807, 2.05) is 0 Å². The molecule has 1 heterocycles. The summed E-state index contributed by atoms with van der Waals surface area (Å²) in [5, 5.41) is -0.0194. The van der Waals surface area contributed by atoms with Gasteiger partial charge < -0.3 is 4.74 Å². The predicted octanol–water partition coefficient (Wildman–Crippen LogP) is 2.52. The number of hydrogen-bond donors (Lipinski definition) is 0. The summed E-state index contributed by atoms with van der Waals surface area (Å²) < 4.78 is 28.4. The minimum Gasteiger partial charge on any atom is -0.461 e. The highest BCUT2D eigenvalue weighted by Gasteiger charge is 2.25. The zero-order valence-corrected chi connectivity index (χ0v) is 13.4. The summed E-state index contributed by atoms with van der Waals surface area (Å²) >= 11 is 11.7. The molecule has 0 spiro atoms. The molecule has 0 saturated carbocycles. The van der Waals surface area contributed by atoms with Crippen LogP contribution in [-0.2, 0) is 14.6 Å². The lowest BCUT2D eigenvalue weighted by molar-refractivity contribution is 0.0514. The Labute approximate surface area is 131 Å². The van der Waals surface area contributed by atoms with Gasteiger partial charge in [-0.1, -0.05) is 23.2 Å². The Morgan fingerprint density at radius 3 is 2.19 bits per heavy atom. The van der Waals surface area contributed by atoms with Crippen molar-refractivity contribution >= 4 is 50.0 Å². The highest BCUT2D eigenvalue weighted by Crippen LogP contribution is 2.27. The molecule has 2 aromatic rings. The smallest absolute Gasteiger partial charge is 0.359 e. The van der Waals surface area contributed by atoms with Crippen LogP contribution in [0.5, 0.6) is 0 Å². The van der Waals surface area contributed by atoms with Crippen LogP contribution in [0.4, 0.5) is 0 Å². The molecule has 0 aliphatic rings. The number of esters is 1. The number of halogens is 2. The first-order valence-electron chi connectivity index (χ1n) is 5.78. The summed E-state index contributed by atoms with van der Waals surface area (Å²) in [5.41, 5.74) is 0.1000. The molecule has 0 amide bonds. The second-order valence-electron chi connectivity index (χ2n) is 4.13. The van der Waals surface area contributed by atoms with Crippen molar-refractivity contribution in [3.8, 4) is 0 Å². The lowest BCUT2D eigenvalue weighted by atomic mass is 10.3. The summed E-state index contributed by atoms with van der Waals surface area (Å²) in [5.74, 6) is -0.863. The average Bonchev–Trinajstić information content (AvgIpc) is 2.38. The van der Waals surface area contributed by atoms with Crippen LogP contribution in [0, 0.1) is 0 Å². The molecular weight excluding hydrogens is 339 g/mol. The van der Waals surface area contributed by atoms with Crippen molar-refractivity contribution in [2.75, 3.05) is 12.9 Å². The predicted molar refractivity (Wildman–Crippen MR) is 78.6 cm³/mol. The van der Waals surface area contributed by atoms with Gasteiger partial charge in [0.05, 0.1) is 27.7 Å². The van der Waals surface area contributed by atoms with E-state index in [-0.39, 0.29) is 33.4 Å². The number of nitrogens with zero attached hydrogens (tertiary/aromatic N) is 2. The first kappa shape index (κ1) is 15.9. The maximum Gasteiger partial charge on any atom is 0.359 e. The molecule has 0 aliphatic carbocycles. The van der Waals surface area contributed by atoms with Crippen LogP contribution in [0.3, 0.4) is 0 Å². The molecule has 0 atom stereocenters. The van der Waals surface area contributed by atoms with Crippen LogP contribution in [0.25, 0.3) is 11.0 Å². The number of sulfone groups is 1. The van der Waals surface area contributed by atoms with Gasteiger partial charge in [0.15, 0.2) is 20.6 Å². The van der Waals surface area contributed by atoms with Crippen LogP contribution in [0.15, 0.2) is 17.2 Å². The van der Waals surface area contributed by atoms with Crippen molar-refractivity contribution < 1.29 is 17.9 Å². The molecule has 21 heavy (non-hydrogen) atoms. The minimum atomic E-state index is -3.76. The van der Waals surface area contributed by atoms with E-state index in [0.29, 0.717) is 0 Å². The van der Waals surface area contributed by atoms with E-state index in [2.05, 4.69) is 9.97 Å². The van der Waals surface area contributed by atoms with Crippen LogP contribution in [0.2, 0.25) is 10.0 Å². The molecular formula is C12H10Cl2N2O4S. The Morgan fingerprint density at radius 2 is 1.71 bits per heavy atom. The van der Waals surface area contributed by atoms with Crippen molar-refractivity contribution in [2.24, 2.45) is 0 Å². The minimum absolute atomic E-state index is 0.0864. The van der Waals surface area contributed by atoms with Crippen molar-refractivity contribution in [1.29, 1.82) is 0 Å². The van der Waals surface area contributed by atoms with Gasteiger partial charge in [-0.25, -0.2) is 23.2 Å². The Hall–Kier alpha value is -1.44. The van der Waals surface area contributed by atoms with Gasteiger partial charge in [-0.15, -0.1) is 0 Å². The normalized spacial score (nSPS) is 11.6. The average molecular weight is 349 g/mol. The standard InChI is InChI=1S/C12H10Cl2N2O4S/c1-3-20-12(17)10-11(21(2,18)19)16-9-5-7(14)6(13)4-8(9)15-10/h4-5H,3H2,1-2H3. The fourth-order valence-corrected chi connectivity index (χ4v) is 2.69. The zero-order chi connectivity index (χ0) is 15.8. The number of benzene rings is 1. The van der Waals surface area contributed by atoms with Gasteiger partial charge in [-0.2, -0.15) is 0 Å². The number of ether oxygens (including phenoxy) is 1. The fraction of sp³-hybridized carbons (Fsp3) is 0.250. The van der Waals surface area contributed by atoms with E-state index in [1.54, 1.807) is 6.92 Å². The highest BCUT2D eigenvalue weighted by atomic mass is 35.5. The van der Waals surface area contributed by atoms with Crippen molar-refractivity contribution in [3.63, 3.8) is 0 Å². The summed E-state index contributed by atoms with van der Waals surface area (Å²) in [6.07, 6.45) is 0.934. The third-order valence-electron chi connectivity index (χ3n) is 2.49. The van der Waals surface area contributed by atoms with Crippen molar-refractivity contribution in [2.45, 2.75) is 11.9 Å². The molecule has 0 N–H and O–H groups in total. The third kappa shape index (κ3) is 3.25. The first-order valence-corrected chi connectivity index (χ1v) is 8.42. The van der Waals surface area contributed by atoms with Gasteiger partial charge >= 0.3 is 5.97 Å². The largest absolute Gasteiger partial charge is 0.461 e. The Morgan fingerprint density at radius 1 is 1.19 bits per heavy atom.